The zero-order valence-corrected chi connectivity index (χ0v) is 11.3. The van der Waals surface area contributed by atoms with Crippen molar-refractivity contribution in [3.05, 3.63) is 53.7 Å². The number of nitrogens with zero attached hydrogens (tertiary/aromatic N) is 1. The predicted octanol–water partition coefficient (Wildman–Crippen LogP) is 3.16. The number of halogens is 1. The standard InChI is InChI=1S/C15H19FN2O/c1-3-17-10-12-9-13(16)6-7-15(12)18(2)11-14-5-4-8-19-14/h4-9,17H,3,10-11H2,1-2H3. The fourth-order valence-electron chi connectivity index (χ4n) is 2.05. The maximum atomic E-state index is 13.4. The van der Waals surface area contributed by atoms with Gasteiger partial charge < -0.3 is 14.6 Å². The first-order valence-electron chi connectivity index (χ1n) is 6.43. The van der Waals surface area contributed by atoms with Gasteiger partial charge in [0.1, 0.15) is 11.6 Å². The first kappa shape index (κ1) is 13.6. The average molecular weight is 262 g/mol. The van der Waals surface area contributed by atoms with Crippen LogP contribution in [0.2, 0.25) is 0 Å². The molecular weight excluding hydrogens is 243 g/mol. The van der Waals surface area contributed by atoms with E-state index < -0.39 is 0 Å². The molecule has 0 saturated carbocycles. The molecule has 2 aromatic rings. The van der Waals surface area contributed by atoms with Crippen LogP contribution in [0.5, 0.6) is 0 Å². The molecule has 19 heavy (non-hydrogen) atoms. The van der Waals surface area contributed by atoms with Crippen molar-refractivity contribution in [3.8, 4) is 0 Å². The second kappa shape index (κ2) is 6.38. The van der Waals surface area contributed by atoms with E-state index in [-0.39, 0.29) is 5.82 Å². The largest absolute Gasteiger partial charge is 0.467 e. The molecule has 2 rings (SSSR count). The third-order valence-corrected chi connectivity index (χ3v) is 2.99. The summed E-state index contributed by atoms with van der Waals surface area (Å²) in [4.78, 5) is 2.06. The highest BCUT2D eigenvalue weighted by atomic mass is 19.1. The van der Waals surface area contributed by atoms with Gasteiger partial charge in [-0.05, 0) is 42.4 Å². The smallest absolute Gasteiger partial charge is 0.123 e. The van der Waals surface area contributed by atoms with Gasteiger partial charge in [0.15, 0.2) is 0 Å². The summed E-state index contributed by atoms with van der Waals surface area (Å²) in [5.74, 6) is 0.685. The van der Waals surface area contributed by atoms with Crippen LogP contribution in [0.25, 0.3) is 0 Å². The average Bonchev–Trinajstić information content (AvgIpc) is 2.89. The molecule has 0 saturated heterocycles. The number of furan rings is 1. The van der Waals surface area contributed by atoms with Crippen molar-refractivity contribution >= 4 is 5.69 Å². The molecule has 0 spiro atoms. The summed E-state index contributed by atoms with van der Waals surface area (Å²) in [6.45, 7) is 4.22. The van der Waals surface area contributed by atoms with Gasteiger partial charge >= 0.3 is 0 Å². The summed E-state index contributed by atoms with van der Waals surface area (Å²) in [5, 5.41) is 3.23. The van der Waals surface area contributed by atoms with E-state index in [4.69, 9.17) is 4.42 Å². The van der Waals surface area contributed by atoms with Crippen molar-refractivity contribution in [1.82, 2.24) is 5.32 Å². The SMILES string of the molecule is CCNCc1cc(F)ccc1N(C)Cc1ccco1. The topological polar surface area (TPSA) is 28.4 Å². The van der Waals surface area contributed by atoms with Crippen molar-refractivity contribution in [2.24, 2.45) is 0 Å². The lowest BCUT2D eigenvalue weighted by Gasteiger charge is -2.21. The third kappa shape index (κ3) is 3.58. The van der Waals surface area contributed by atoms with Crippen LogP contribution >= 0.6 is 0 Å². The molecule has 1 heterocycles. The van der Waals surface area contributed by atoms with Crippen molar-refractivity contribution in [2.45, 2.75) is 20.0 Å². The minimum Gasteiger partial charge on any atom is -0.467 e. The van der Waals surface area contributed by atoms with Crippen LogP contribution < -0.4 is 10.2 Å². The first-order chi connectivity index (χ1) is 9.20. The Balaban J connectivity index is 2.17. The molecule has 0 radical (unpaired) electrons. The van der Waals surface area contributed by atoms with Gasteiger partial charge in [0.25, 0.3) is 0 Å². The molecule has 4 heteroatoms. The second-order valence-corrected chi connectivity index (χ2v) is 4.49. The van der Waals surface area contributed by atoms with Gasteiger partial charge in [-0.15, -0.1) is 0 Å². The summed E-state index contributed by atoms with van der Waals surface area (Å²) < 4.78 is 18.7. The summed E-state index contributed by atoms with van der Waals surface area (Å²) in [7, 11) is 1.98. The Hall–Kier alpha value is -1.81. The summed E-state index contributed by atoms with van der Waals surface area (Å²) >= 11 is 0. The number of benzene rings is 1. The van der Waals surface area contributed by atoms with Crippen LogP contribution in [-0.2, 0) is 13.1 Å². The highest BCUT2D eigenvalue weighted by molar-refractivity contribution is 5.53. The molecule has 0 atom stereocenters. The van der Waals surface area contributed by atoms with Gasteiger partial charge in [-0.25, -0.2) is 4.39 Å². The summed E-state index contributed by atoms with van der Waals surface area (Å²) in [6.07, 6.45) is 1.66. The van der Waals surface area contributed by atoms with Crippen LogP contribution in [0.15, 0.2) is 41.0 Å². The van der Waals surface area contributed by atoms with Crippen molar-refractivity contribution in [3.63, 3.8) is 0 Å². The summed E-state index contributed by atoms with van der Waals surface area (Å²) in [5.41, 5.74) is 1.97. The maximum Gasteiger partial charge on any atom is 0.123 e. The molecule has 3 nitrogen and oxygen atoms in total. The molecule has 1 N–H and O–H groups in total. The van der Waals surface area contributed by atoms with Crippen LogP contribution in [0, 0.1) is 5.82 Å². The van der Waals surface area contributed by atoms with Crippen LogP contribution in [0.1, 0.15) is 18.2 Å². The fraction of sp³-hybridized carbons (Fsp3) is 0.333. The lowest BCUT2D eigenvalue weighted by Crippen LogP contribution is -2.20. The predicted molar refractivity (Wildman–Crippen MR) is 74.6 cm³/mol. The Labute approximate surface area is 113 Å². The van der Waals surface area contributed by atoms with E-state index in [0.29, 0.717) is 13.1 Å². The Kier molecular flexibility index (Phi) is 4.58. The number of hydrogen-bond donors (Lipinski definition) is 1. The molecule has 0 aliphatic carbocycles. The van der Waals surface area contributed by atoms with Crippen LogP contribution in [0.4, 0.5) is 10.1 Å². The zero-order valence-electron chi connectivity index (χ0n) is 11.3. The van der Waals surface area contributed by atoms with Gasteiger partial charge in [-0.2, -0.15) is 0 Å². The number of hydrogen-bond acceptors (Lipinski definition) is 3. The van der Waals surface area contributed by atoms with Gasteiger partial charge in [0.05, 0.1) is 12.8 Å². The van der Waals surface area contributed by atoms with Crippen LogP contribution in [0.3, 0.4) is 0 Å². The molecule has 0 fully saturated rings. The van der Waals surface area contributed by atoms with Gasteiger partial charge in [0.2, 0.25) is 0 Å². The fourth-order valence-corrected chi connectivity index (χ4v) is 2.05. The Bertz CT molecular complexity index is 511. The van der Waals surface area contributed by atoms with Crippen LogP contribution in [-0.4, -0.2) is 13.6 Å². The molecule has 1 aromatic heterocycles. The molecule has 0 bridgehead atoms. The second-order valence-electron chi connectivity index (χ2n) is 4.49. The van der Waals surface area contributed by atoms with Gasteiger partial charge in [0, 0.05) is 19.3 Å². The van der Waals surface area contributed by atoms with E-state index in [9.17, 15) is 4.39 Å². The minimum atomic E-state index is -0.206. The number of anilines is 1. The normalized spacial score (nSPS) is 10.7. The summed E-state index contributed by atoms with van der Waals surface area (Å²) in [6, 6.07) is 8.68. The highest BCUT2D eigenvalue weighted by Gasteiger charge is 2.10. The van der Waals surface area contributed by atoms with E-state index >= 15 is 0 Å². The third-order valence-electron chi connectivity index (χ3n) is 2.99. The number of rotatable bonds is 6. The van der Waals surface area contributed by atoms with Gasteiger partial charge in [-0.1, -0.05) is 6.92 Å². The van der Waals surface area contributed by atoms with Gasteiger partial charge in [-0.3, -0.25) is 0 Å². The van der Waals surface area contributed by atoms with E-state index in [1.165, 1.54) is 6.07 Å². The van der Waals surface area contributed by atoms with E-state index in [2.05, 4.69) is 10.2 Å². The molecule has 0 unspecified atom stereocenters. The van der Waals surface area contributed by atoms with Crippen molar-refractivity contribution in [2.75, 3.05) is 18.5 Å². The quantitative estimate of drug-likeness (QED) is 0.866. The Morgan fingerprint density at radius 1 is 1.32 bits per heavy atom. The highest BCUT2D eigenvalue weighted by Crippen LogP contribution is 2.22. The van der Waals surface area contributed by atoms with E-state index in [1.54, 1.807) is 12.3 Å². The van der Waals surface area contributed by atoms with Crippen molar-refractivity contribution in [1.29, 1.82) is 0 Å². The molecule has 0 aliphatic heterocycles. The van der Waals surface area contributed by atoms with Crippen molar-refractivity contribution < 1.29 is 8.81 Å². The molecule has 0 aliphatic rings. The molecule has 1 aromatic carbocycles. The lowest BCUT2D eigenvalue weighted by molar-refractivity contribution is 0.507. The molecular formula is C15H19FN2O. The Morgan fingerprint density at radius 3 is 2.84 bits per heavy atom. The molecule has 0 amide bonds. The number of nitrogens with one attached hydrogen (secondary N) is 1. The lowest BCUT2D eigenvalue weighted by atomic mass is 10.1. The zero-order chi connectivity index (χ0) is 13.7. The minimum absolute atomic E-state index is 0.206. The molecule has 102 valence electrons. The maximum absolute atomic E-state index is 13.4. The van der Waals surface area contributed by atoms with E-state index in [1.807, 2.05) is 32.2 Å². The monoisotopic (exact) mass is 262 g/mol. The Morgan fingerprint density at radius 2 is 2.16 bits per heavy atom. The van der Waals surface area contributed by atoms with E-state index in [0.717, 1.165) is 23.6 Å². The first-order valence-corrected chi connectivity index (χ1v) is 6.43.